The molecule has 0 aliphatic rings. The number of benzene rings is 2. The van der Waals surface area contributed by atoms with Crippen LogP contribution in [-0.4, -0.2) is 13.1 Å². The molecule has 122 valence electrons. The van der Waals surface area contributed by atoms with Crippen molar-refractivity contribution in [3.05, 3.63) is 65.7 Å². The highest BCUT2D eigenvalue weighted by molar-refractivity contribution is 5.56. The van der Waals surface area contributed by atoms with Gasteiger partial charge in [-0.2, -0.15) is 0 Å². The Bertz CT molecular complexity index is 625. The average molecular weight is 308 g/mol. The van der Waals surface area contributed by atoms with E-state index in [4.69, 9.17) is 5.73 Å². The van der Waals surface area contributed by atoms with Crippen LogP contribution >= 0.6 is 0 Å². The van der Waals surface area contributed by atoms with E-state index >= 15 is 0 Å². The van der Waals surface area contributed by atoms with Crippen LogP contribution in [0.25, 0.3) is 6.08 Å². The standard InChI is InChI=1S/C21H28N2/c1-4-23(5-2)19-15-13-18(14-16-19)10-8-9-17(3)20-11-6-7-12-21(20)22/h6-8,10-17H,4-5,9,22H2,1-3H3/b10-8+. The lowest BCUT2D eigenvalue weighted by molar-refractivity contribution is 0.785. The molecule has 0 saturated heterocycles. The zero-order chi connectivity index (χ0) is 16.7. The third kappa shape index (κ3) is 4.62. The summed E-state index contributed by atoms with van der Waals surface area (Å²) in [5.74, 6) is 0.433. The molecule has 0 radical (unpaired) electrons. The van der Waals surface area contributed by atoms with Gasteiger partial charge in [-0.05, 0) is 55.5 Å². The van der Waals surface area contributed by atoms with Crippen molar-refractivity contribution in [1.29, 1.82) is 0 Å². The monoisotopic (exact) mass is 308 g/mol. The van der Waals surface area contributed by atoms with Gasteiger partial charge >= 0.3 is 0 Å². The summed E-state index contributed by atoms with van der Waals surface area (Å²) in [6, 6.07) is 16.9. The van der Waals surface area contributed by atoms with Crippen LogP contribution in [0, 0.1) is 0 Å². The highest BCUT2D eigenvalue weighted by Crippen LogP contribution is 2.25. The molecule has 0 saturated carbocycles. The van der Waals surface area contributed by atoms with Crippen molar-refractivity contribution in [3.8, 4) is 0 Å². The summed E-state index contributed by atoms with van der Waals surface area (Å²) >= 11 is 0. The molecule has 23 heavy (non-hydrogen) atoms. The first-order chi connectivity index (χ1) is 11.2. The first kappa shape index (κ1) is 17.1. The number of para-hydroxylation sites is 1. The summed E-state index contributed by atoms with van der Waals surface area (Å²) in [6.07, 6.45) is 5.43. The van der Waals surface area contributed by atoms with Crippen molar-refractivity contribution >= 4 is 17.5 Å². The zero-order valence-electron chi connectivity index (χ0n) is 14.5. The number of nitrogen functional groups attached to an aromatic ring is 1. The average Bonchev–Trinajstić information content (AvgIpc) is 2.57. The van der Waals surface area contributed by atoms with Gasteiger partial charge in [0.1, 0.15) is 0 Å². The van der Waals surface area contributed by atoms with Crippen molar-refractivity contribution < 1.29 is 0 Å². The highest BCUT2D eigenvalue weighted by atomic mass is 15.1. The minimum absolute atomic E-state index is 0.433. The van der Waals surface area contributed by atoms with E-state index in [1.165, 1.54) is 16.8 Å². The molecule has 1 unspecified atom stereocenters. The van der Waals surface area contributed by atoms with E-state index in [9.17, 15) is 0 Å². The molecule has 0 amide bonds. The second-order valence-electron chi connectivity index (χ2n) is 5.93. The summed E-state index contributed by atoms with van der Waals surface area (Å²) in [6.45, 7) is 8.69. The number of nitrogens with zero attached hydrogens (tertiary/aromatic N) is 1. The Morgan fingerprint density at radius 2 is 1.65 bits per heavy atom. The summed E-state index contributed by atoms with van der Waals surface area (Å²) in [5.41, 5.74) is 10.7. The fraction of sp³-hybridized carbons (Fsp3) is 0.333. The Morgan fingerprint density at radius 1 is 1.00 bits per heavy atom. The lowest BCUT2D eigenvalue weighted by Gasteiger charge is -2.20. The van der Waals surface area contributed by atoms with E-state index in [-0.39, 0.29) is 0 Å². The molecular formula is C21H28N2. The number of anilines is 2. The predicted molar refractivity (Wildman–Crippen MR) is 103 cm³/mol. The molecule has 0 aromatic heterocycles. The maximum atomic E-state index is 6.05. The fourth-order valence-corrected chi connectivity index (χ4v) is 2.88. The molecule has 0 bridgehead atoms. The number of nitrogens with two attached hydrogens (primary N) is 1. The van der Waals surface area contributed by atoms with Gasteiger partial charge in [0.2, 0.25) is 0 Å². The van der Waals surface area contributed by atoms with Crippen molar-refractivity contribution in [1.82, 2.24) is 0 Å². The molecule has 0 fully saturated rings. The molecule has 2 rings (SSSR count). The summed E-state index contributed by atoms with van der Waals surface area (Å²) in [5, 5.41) is 0. The largest absolute Gasteiger partial charge is 0.398 e. The molecular weight excluding hydrogens is 280 g/mol. The lowest BCUT2D eigenvalue weighted by atomic mass is 9.96. The lowest BCUT2D eigenvalue weighted by Crippen LogP contribution is -2.21. The smallest absolute Gasteiger partial charge is 0.0366 e. The van der Waals surface area contributed by atoms with Gasteiger partial charge in [0, 0.05) is 24.5 Å². The second-order valence-corrected chi connectivity index (χ2v) is 5.93. The molecule has 2 aromatic carbocycles. The minimum Gasteiger partial charge on any atom is -0.398 e. The normalized spacial score (nSPS) is 12.5. The van der Waals surface area contributed by atoms with Crippen molar-refractivity contribution in [2.24, 2.45) is 0 Å². The van der Waals surface area contributed by atoms with Crippen LogP contribution in [0.2, 0.25) is 0 Å². The maximum absolute atomic E-state index is 6.05. The third-order valence-corrected chi connectivity index (χ3v) is 4.35. The van der Waals surface area contributed by atoms with Gasteiger partial charge in [-0.15, -0.1) is 0 Å². The van der Waals surface area contributed by atoms with E-state index < -0.39 is 0 Å². The highest BCUT2D eigenvalue weighted by Gasteiger charge is 2.06. The van der Waals surface area contributed by atoms with Gasteiger partial charge in [-0.25, -0.2) is 0 Å². The third-order valence-electron chi connectivity index (χ3n) is 4.35. The second kappa shape index (κ2) is 8.42. The van der Waals surface area contributed by atoms with Crippen LogP contribution in [0.1, 0.15) is 44.2 Å². The van der Waals surface area contributed by atoms with E-state index in [1.807, 2.05) is 12.1 Å². The molecule has 0 heterocycles. The van der Waals surface area contributed by atoms with Crippen molar-refractivity contribution in [2.45, 2.75) is 33.1 Å². The van der Waals surface area contributed by atoms with Crippen LogP contribution in [0.15, 0.2) is 54.6 Å². The molecule has 2 heteroatoms. The molecule has 2 aromatic rings. The summed E-state index contributed by atoms with van der Waals surface area (Å²) < 4.78 is 0. The Balaban J connectivity index is 1.97. The summed E-state index contributed by atoms with van der Waals surface area (Å²) in [7, 11) is 0. The predicted octanol–water partition coefficient (Wildman–Crippen LogP) is 5.32. The number of rotatable bonds is 7. The SMILES string of the molecule is CCN(CC)c1ccc(/C=C/CC(C)c2ccccc2N)cc1. The topological polar surface area (TPSA) is 29.3 Å². The maximum Gasteiger partial charge on any atom is 0.0366 e. The van der Waals surface area contributed by atoms with Gasteiger partial charge in [0.05, 0.1) is 0 Å². The van der Waals surface area contributed by atoms with Crippen LogP contribution in [0.4, 0.5) is 11.4 Å². The van der Waals surface area contributed by atoms with Gasteiger partial charge in [-0.3, -0.25) is 0 Å². The van der Waals surface area contributed by atoms with Crippen LogP contribution < -0.4 is 10.6 Å². The van der Waals surface area contributed by atoms with Crippen LogP contribution in [0.5, 0.6) is 0 Å². The zero-order valence-corrected chi connectivity index (χ0v) is 14.5. The summed E-state index contributed by atoms with van der Waals surface area (Å²) in [4.78, 5) is 2.35. The van der Waals surface area contributed by atoms with E-state index in [1.54, 1.807) is 0 Å². The molecule has 0 aliphatic heterocycles. The van der Waals surface area contributed by atoms with Gasteiger partial charge in [0.25, 0.3) is 0 Å². The van der Waals surface area contributed by atoms with E-state index in [0.29, 0.717) is 5.92 Å². The van der Waals surface area contributed by atoms with Crippen molar-refractivity contribution in [2.75, 3.05) is 23.7 Å². The van der Waals surface area contributed by atoms with Gasteiger partial charge < -0.3 is 10.6 Å². The van der Waals surface area contributed by atoms with Crippen LogP contribution in [0.3, 0.4) is 0 Å². The fourth-order valence-electron chi connectivity index (χ4n) is 2.88. The molecule has 0 spiro atoms. The number of hydrogen-bond acceptors (Lipinski definition) is 2. The van der Waals surface area contributed by atoms with Gasteiger partial charge in [-0.1, -0.05) is 49.4 Å². The quantitative estimate of drug-likeness (QED) is 0.701. The molecule has 1 atom stereocenters. The number of allylic oxidation sites excluding steroid dienone is 1. The first-order valence-corrected chi connectivity index (χ1v) is 8.51. The number of hydrogen-bond donors (Lipinski definition) is 1. The van der Waals surface area contributed by atoms with Gasteiger partial charge in [0.15, 0.2) is 0 Å². The molecule has 2 N–H and O–H groups in total. The minimum atomic E-state index is 0.433. The Kier molecular flexibility index (Phi) is 6.28. The molecule has 0 aliphatic carbocycles. The van der Waals surface area contributed by atoms with Crippen LogP contribution in [-0.2, 0) is 0 Å². The first-order valence-electron chi connectivity index (χ1n) is 8.51. The molecule has 2 nitrogen and oxygen atoms in total. The Morgan fingerprint density at radius 3 is 2.26 bits per heavy atom. The Labute approximate surface area is 140 Å². The van der Waals surface area contributed by atoms with Crippen molar-refractivity contribution in [3.63, 3.8) is 0 Å². The van der Waals surface area contributed by atoms with E-state index in [0.717, 1.165) is 25.2 Å². The van der Waals surface area contributed by atoms with E-state index in [2.05, 4.69) is 74.2 Å². The Hall–Kier alpha value is -2.22.